The summed E-state index contributed by atoms with van der Waals surface area (Å²) in [7, 11) is 4.24. The minimum absolute atomic E-state index is 1.21. The summed E-state index contributed by atoms with van der Waals surface area (Å²) in [4.78, 5) is 10.3. The molecule has 0 spiro atoms. The van der Waals surface area contributed by atoms with Gasteiger partial charge in [0.05, 0.1) is 0 Å². The lowest BCUT2D eigenvalue weighted by atomic mass is 10.0. The van der Waals surface area contributed by atoms with Gasteiger partial charge in [-0.25, -0.2) is 0 Å². The zero-order chi connectivity index (χ0) is 17.5. The molecule has 1 aliphatic rings. The van der Waals surface area contributed by atoms with E-state index in [1.54, 1.807) is 0 Å². The monoisotopic (exact) mass is 322 g/mol. The Labute approximate surface area is 144 Å². The summed E-state index contributed by atoms with van der Waals surface area (Å²) < 4.78 is 2.16. The van der Waals surface area contributed by atoms with Crippen molar-refractivity contribution in [2.45, 2.75) is 19.8 Å². The molecule has 126 valence electrons. The normalized spacial score (nSPS) is 12.5. The van der Waals surface area contributed by atoms with Crippen molar-refractivity contribution in [1.29, 1.82) is 0 Å². The highest BCUT2D eigenvalue weighted by Crippen LogP contribution is 2.24. The van der Waals surface area contributed by atoms with Gasteiger partial charge in [-0.2, -0.15) is 0 Å². The maximum Gasteiger partial charge on any atom is 0.106 e. The first-order valence-corrected chi connectivity index (χ1v) is 8.25. The summed E-state index contributed by atoms with van der Waals surface area (Å²) >= 11 is 0. The molecule has 1 aromatic heterocycles. The second-order valence-electron chi connectivity index (χ2n) is 6.09. The third-order valence-corrected chi connectivity index (χ3v) is 4.44. The van der Waals surface area contributed by atoms with Crippen LogP contribution >= 0.6 is 0 Å². The van der Waals surface area contributed by atoms with Crippen molar-refractivity contribution < 1.29 is 4.79 Å². The van der Waals surface area contributed by atoms with E-state index in [9.17, 15) is 0 Å². The molecular formula is C21H26N2O. The van der Waals surface area contributed by atoms with E-state index in [1.807, 2.05) is 6.79 Å². The van der Waals surface area contributed by atoms with Gasteiger partial charge in [-0.15, -0.1) is 0 Å². The largest absolute Gasteiger partial charge is 0.374 e. The van der Waals surface area contributed by atoms with Crippen molar-refractivity contribution in [2.24, 2.45) is 7.05 Å². The molecule has 24 heavy (non-hydrogen) atoms. The first kappa shape index (κ1) is 17.8. The predicted octanol–water partition coefficient (Wildman–Crippen LogP) is 4.37. The van der Waals surface area contributed by atoms with Gasteiger partial charge in [0.1, 0.15) is 6.79 Å². The molecule has 0 N–H and O–H groups in total. The maximum atomic E-state index is 8.00. The number of fused-ring (bicyclic) bond motifs is 2. The summed E-state index contributed by atoms with van der Waals surface area (Å²) in [5, 5.41) is 1.36. The van der Waals surface area contributed by atoms with E-state index in [0.29, 0.717) is 0 Å². The molecule has 4 rings (SSSR count). The van der Waals surface area contributed by atoms with E-state index < -0.39 is 0 Å². The van der Waals surface area contributed by atoms with Crippen LogP contribution in [0.15, 0.2) is 54.7 Å². The molecule has 3 aromatic rings. The zero-order valence-electron chi connectivity index (χ0n) is 14.8. The van der Waals surface area contributed by atoms with Crippen LogP contribution in [0.2, 0.25) is 0 Å². The third-order valence-electron chi connectivity index (χ3n) is 4.44. The fourth-order valence-corrected chi connectivity index (χ4v) is 3.27. The van der Waals surface area contributed by atoms with Crippen molar-refractivity contribution in [3.05, 3.63) is 65.9 Å². The number of benzene rings is 2. The van der Waals surface area contributed by atoms with Gasteiger partial charge in [0.2, 0.25) is 0 Å². The number of hydrogen-bond donors (Lipinski definition) is 0. The van der Waals surface area contributed by atoms with Crippen molar-refractivity contribution in [3.8, 4) is 0 Å². The molecular weight excluding hydrogens is 296 g/mol. The number of para-hydroxylation sites is 2. The van der Waals surface area contributed by atoms with E-state index in [0.717, 1.165) is 0 Å². The molecule has 3 nitrogen and oxygen atoms in total. The Morgan fingerprint density at radius 3 is 2.33 bits per heavy atom. The van der Waals surface area contributed by atoms with Gasteiger partial charge in [0.15, 0.2) is 0 Å². The Morgan fingerprint density at radius 2 is 1.62 bits per heavy atom. The third kappa shape index (κ3) is 3.85. The van der Waals surface area contributed by atoms with Crippen LogP contribution in [0.3, 0.4) is 0 Å². The van der Waals surface area contributed by atoms with Crippen LogP contribution in [-0.4, -0.2) is 24.9 Å². The van der Waals surface area contributed by atoms with Crippen LogP contribution in [0.4, 0.5) is 5.69 Å². The van der Waals surface area contributed by atoms with Crippen LogP contribution in [0.1, 0.15) is 17.5 Å². The Balaban J connectivity index is 0.000000158. The second kappa shape index (κ2) is 8.34. The van der Waals surface area contributed by atoms with E-state index >= 15 is 0 Å². The predicted molar refractivity (Wildman–Crippen MR) is 103 cm³/mol. The molecule has 0 amide bonds. The molecule has 2 aromatic carbocycles. The molecule has 0 unspecified atom stereocenters. The van der Waals surface area contributed by atoms with E-state index in [4.69, 9.17) is 4.79 Å². The Morgan fingerprint density at radius 1 is 0.958 bits per heavy atom. The smallest absolute Gasteiger partial charge is 0.106 e. The molecule has 0 atom stereocenters. The summed E-state index contributed by atoms with van der Waals surface area (Å²) in [6.07, 6.45) is 4.71. The van der Waals surface area contributed by atoms with E-state index in [1.165, 1.54) is 47.1 Å². The number of aryl methyl sites for hydroxylation is 3. The highest BCUT2D eigenvalue weighted by atomic mass is 16.1. The molecule has 0 saturated heterocycles. The number of rotatable bonds is 0. The number of nitrogens with zero attached hydrogens (tertiary/aromatic N) is 2. The standard InChI is InChI=1S/C10H11N.C10H13N.CH2O/c1-8-7-11(2)10-6-4-3-5-9(8)10;1-11-8-4-6-9-5-2-3-7-10(9)11;1-2/h3-7H,1-2H3;2-3,5,7H,4,6,8H2,1H3;1H2. The lowest BCUT2D eigenvalue weighted by Gasteiger charge is -2.26. The Hall–Kier alpha value is -2.55. The number of carbonyl (C=O) groups excluding carboxylic acids is 1. The van der Waals surface area contributed by atoms with Gasteiger partial charge in [-0.05, 0) is 43.0 Å². The molecule has 0 bridgehead atoms. The first-order chi connectivity index (χ1) is 11.7. The average Bonchev–Trinajstić information content (AvgIpc) is 2.93. The van der Waals surface area contributed by atoms with Crippen molar-refractivity contribution in [1.82, 2.24) is 4.57 Å². The Bertz CT molecular complexity index is 755. The zero-order valence-corrected chi connectivity index (χ0v) is 14.8. The number of aromatic nitrogens is 1. The number of carbonyl (C=O) groups is 1. The minimum atomic E-state index is 1.21. The topological polar surface area (TPSA) is 25.2 Å². The van der Waals surface area contributed by atoms with Crippen LogP contribution in [0.5, 0.6) is 0 Å². The number of hydrogen-bond acceptors (Lipinski definition) is 2. The van der Waals surface area contributed by atoms with Crippen LogP contribution in [0, 0.1) is 6.92 Å². The highest BCUT2D eigenvalue weighted by molar-refractivity contribution is 5.83. The molecule has 0 radical (unpaired) electrons. The van der Waals surface area contributed by atoms with Gasteiger partial charge in [-0.1, -0.05) is 36.4 Å². The molecule has 3 heteroatoms. The summed E-state index contributed by atoms with van der Waals surface area (Å²) in [6, 6.07) is 17.1. The van der Waals surface area contributed by atoms with Gasteiger partial charge >= 0.3 is 0 Å². The minimum Gasteiger partial charge on any atom is -0.374 e. The lowest BCUT2D eigenvalue weighted by Crippen LogP contribution is -2.24. The van der Waals surface area contributed by atoms with Crippen LogP contribution in [-0.2, 0) is 18.3 Å². The fourth-order valence-electron chi connectivity index (χ4n) is 3.27. The Kier molecular flexibility index (Phi) is 6.19. The highest BCUT2D eigenvalue weighted by Gasteiger charge is 2.11. The number of anilines is 1. The molecule has 0 aliphatic carbocycles. The fraction of sp³-hybridized carbons (Fsp3) is 0.286. The van der Waals surface area contributed by atoms with Crippen LogP contribution < -0.4 is 4.90 Å². The summed E-state index contributed by atoms with van der Waals surface area (Å²) in [5.41, 5.74) is 5.58. The van der Waals surface area contributed by atoms with Gasteiger partial charge in [0.25, 0.3) is 0 Å². The molecule has 0 saturated carbocycles. The SMILES string of the molecule is C=O.CN1CCCc2ccccc21.Cc1cn(C)c2ccccc12. The average molecular weight is 322 g/mol. The quantitative estimate of drug-likeness (QED) is 0.614. The molecule has 0 fully saturated rings. The summed E-state index contributed by atoms with van der Waals surface area (Å²) in [6.45, 7) is 5.35. The van der Waals surface area contributed by atoms with Crippen molar-refractivity contribution in [3.63, 3.8) is 0 Å². The summed E-state index contributed by atoms with van der Waals surface area (Å²) in [5.74, 6) is 0. The molecule has 1 aliphatic heterocycles. The van der Waals surface area contributed by atoms with E-state index in [2.05, 4.69) is 85.2 Å². The van der Waals surface area contributed by atoms with Gasteiger partial charge in [-0.3, -0.25) is 0 Å². The van der Waals surface area contributed by atoms with Crippen molar-refractivity contribution in [2.75, 3.05) is 18.5 Å². The molecule has 2 heterocycles. The first-order valence-electron chi connectivity index (χ1n) is 8.25. The second-order valence-corrected chi connectivity index (χ2v) is 6.09. The van der Waals surface area contributed by atoms with Gasteiger partial charge < -0.3 is 14.3 Å². The van der Waals surface area contributed by atoms with Gasteiger partial charge in [0, 0.05) is 43.4 Å². The van der Waals surface area contributed by atoms with E-state index in [-0.39, 0.29) is 0 Å². The van der Waals surface area contributed by atoms with Crippen LogP contribution in [0.25, 0.3) is 10.9 Å². The maximum absolute atomic E-state index is 8.00. The lowest BCUT2D eigenvalue weighted by molar-refractivity contribution is -0.0979. The van der Waals surface area contributed by atoms with Crippen molar-refractivity contribution >= 4 is 23.4 Å².